The van der Waals surface area contributed by atoms with Gasteiger partial charge in [0.05, 0.1) is 0 Å². The van der Waals surface area contributed by atoms with Crippen molar-refractivity contribution in [2.24, 2.45) is 0 Å². The van der Waals surface area contributed by atoms with Crippen LogP contribution < -0.4 is 11.5 Å². The Hall–Kier alpha value is -2.24. The van der Waals surface area contributed by atoms with Crippen LogP contribution >= 0.6 is 0 Å². The number of halogens is 4. The van der Waals surface area contributed by atoms with Crippen LogP contribution in [-0.4, -0.2) is 0 Å². The van der Waals surface area contributed by atoms with Crippen LogP contribution in [0.3, 0.4) is 0 Å². The molecule has 0 spiro atoms. The van der Waals surface area contributed by atoms with E-state index in [9.17, 15) is 0 Å². The number of nitrogen functional groups attached to an aromatic ring is 2. The van der Waals surface area contributed by atoms with Crippen LogP contribution in [-0.2, 0) is 11.8 Å². The summed E-state index contributed by atoms with van der Waals surface area (Å²) < 4.78 is 60.6. The van der Waals surface area contributed by atoms with E-state index in [0.29, 0.717) is 33.6 Å². The number of hydrogen-bond donors (Lipinski definition) is 2. The van der Waals surface area contributed by atoms with Crippen molar-refractivity contribution in [3.05, 3.63) is 57.6 Å². The van der Waals surface area contributed by atoms with Crippen molar-refractivity contribution >= 4 is 11.4 Å². The minimum atomic E-state index is -4.36. The molecule has 0 aromatic heterocycles. The van der Waals surface area contributed by atoms with Crippen LogP contribution in [0.15, 0.2) is 24.3 Å². The Morgan fingerprint density at radius 2 is 1.00 bits per heavy atom. The first-order valence-corrected chi connectivity index (χ1v) is 9.60. The van der Waals surface area contributed by atoms with Crippen LogP contribution in [0.4, 0.5) is 28.9 Å². The van der Waals surface area contributed by atoms with Crippen molar-refractivity contribution in [1.82, 2.24) is 0 Å². The third-order valence-electron chi connectivity index (χ3n) is 5.99. The molecule has 0 heterocycles. The highest BCUT2D eigenvalue weighted by Crippen LogP contribution is 2.54. The van der Waals surface area contributed by atoms with E-state index >= 15 is 17.6 Å². The predicted molar refractivity (Wildman–Crippen MR) is 103 cm³/mol. The van der Waals surface area contributed by atoms with E-state index in [1.54, 1.807) is 13.8 Å². The molecule has 0 saturated heterocycles. The van der Waals surface area contributed by atoms with Gasteiger partial charge in [-0.15, -0.1) is 0 Å². The second kappa shape index (κ2) is 6.13. The summed E-state index contributed by atoms with van der Waals surface area (Å²) >= 11 is 0. The zero-order valence-corrected chi connectivity index (χ0v) is 16.0. The fourth-order valence-corrected chi connectivity index (χ4v) is 3.84. The predicted octanol–water partition coefficient (Wildman–Crippen LogP) is 6.11. The first-order chi connectivity index (χ1) is 13.0. The normalized spacial score (nSPS) is 17.8. The molecule has 0 bridgehead atoms. The van der Waals surface area contributed by atoms with Crippen LogP contribution in [0.5, 0.6) is 0 Å². The average molecular weight is 392 g/mol. The molecule has 2 aromatic carbocycles. The second-order valence-corrected chi connectivity index (χ2v) is 8.29. The molecule has 4 N–H and O–H groups in total. The molecule has 0 aliphatic heterocycles. The molecule has 6 heteroatoms. The number of aryl methyl sites for hydroxylation is 2. The van der Waals surface area contributed by atoms with Gasteiger partial charge in [-0.25, -0.2) is 0 Å². The topological polar surface area (TPSA) is 52.0 Å². The Morgan fingerprint density at radius 3 is 1.29 bits per heavy atom. The minimum Gasteiger partial charge on any atom is -0.398 e. The first-order valence-electron chi connectivity index (χ1n) is 9.60. The molecule has 0 amide bonds. The number of hydrogen-bond acceptors (Lipinski definition) is 2. The van der Waals surface area contributed by atoms with Crippen molar-refractivity contribution in [1.29, 1.82) is 0 Å². The maximum absolute atomic E-state index is 15.2. The summed E-state index contributed by atoms with van der Waals surface area (Å²) in [5.41, 5.74) is 13.4. The van der Waals surface area contributed by atoms with Gasteiger partial charge in [0, 0.05) is 22.5 Å². The lowest BCUT2D eigenvalue weighted by molar-refractivity contribution is -0.223. The van der Waals surface area contributed by atoms with Crippen molar-refractivity contribution in [3.63, 3.8) is 0 Å². The summed E-state index contributed by atoms with van der Waals surface area (Å²) in [7, 11) is 0. The molecule has 150 valence electrons. The Kier molecular flexibility index (Phi) is 4.18. The van der Waals surface area contributed by atoms with Crippen LogP contribution in [0.2, 0.25) is 0 Å². The molecule has 0 radical (unpaired) electrons. The number of anilines is 2. The van der Waals surface area contributed by atoms with Gasteiger partial charge in [-0.05, 0) is 97.9 Å². The molecule has 2 aliphatic rings. The number of benzene rings is 2. The number of alkyl halides is 4. The highest BCUT2D eigenvalue weighted by Gasteiger charge is 2.59. The van der Waals surface area contributed by atoms with Gasteiger partial charge in [-0.3, -0.25) is 0 Å². The summed E-state index contributed by atoms with van der Waals surface area (Å²) in [6.07, 6.45) is 3.38. The highest BCUT2D eigenvalue weighted by atomic mass is 19.3. The van der Waals surface area contributed by atoms with Crippen LogP contribution in [0.25, 0.3) is 0 Å². The highest BCUT2D eigenvalue weighted by molar-refractivity contribution is 5.60. The lowest BCUT2D eigenvalue weighted by Crippen LogP contribution is -2.36. The lowest BCUT2D eigenvalue weighted by Gasteiger charge is -2.29. The van der Waals surface area contributed by atoms with E-state index in [-0.39, 0.29) is 11.8 Å². The molecule has 2 saturated carbocycles. The Labute approximate surface area is 161 Å². The molecular formula is C22H24F4N2. The zero-order chi connectivity index (χ0) is 20.4. The first kappa shape index (κ1) is 19.1. The van der Waals surface area contributed by atoms with E-state index in [1.165, 1.54) is 12.1 Å². The van der Waals surface area contributed by atoms with Gasteiger partial charge >= 0.3 is 11.8 Å². The maximum Gasteiger partial charge on any atom is 0.339 e. The standard InChI is InChI=1S/C22H24F4N2/c1-11-7-15(9-17(19(11)27)13-3-4-13)21(23,24)22(25,26)16-8-12(2)20(28)18(10-16)14-5-6-14/h7-10,13-14H,3-6,27-28H2,1-2H3. The summed E-state index contributed by atoms with van der Waals surface area (Å²) in [5, 5.41) is 0. The molecule has 2 aliphatic carbocycles. The fourth-order valence-electron chi connectivity index (χ4n) is 3.84. The second-order valence-electron chi connectivity index (χ2n) is 8.29. The smallest absolute Gasteiger partial charge is 0.339 e. The van der Waals surface area contributed by atoms with E-state index in [2.05, 4.69) is 0 Å². The van der Waals surface area contributed by atoms with Crippen molar-refractivity contribution in [2.75, 3.05) is 11.5 Å². The van der Waals surface area contributed by atoms with E-state index in [4.69, 9.17) is 11.5 Å². The summed E-state index contributed by atoms with van der Waals surface area (Å²) in [6.45, 7) is 3.16. The molecule has 2 fully saturated rings. The largest absolute Gasteiger partial charge is 0.398 e. The van der Waals surface area contributed by atoms with E-state index < -0.39 is 23.0 Å². The van der Waals surface area contributed by atoms with Gasteiger partial charge in [0.25, 0.3) is 0 Å². The van der Waals surface area contributed by atoms with E-state index in [1.807, 2.05) is 0 Å². The van der Waals surface area contributed by atoms with Crippen LogP contribution in [0.1, 0.15) is 70.9 Å². The molecule has 2 nitrogen and oxygen atoms in total. The van der Waals surface area contributed by atoms with Crippen molar-refractivity contribution in [2.45, 2.75) is 63.2 Å². The van der Waals surface area contributed by atoms with E-state index in [0.717, 1.165) is 37.8 Å². The monoisotopic (exact) mass is 392 g/mol. The lowest BCUT2D eigenvalue weighted by atomic mass is 9.89. The average Bonchev–Trinajstić information content (AvgIpc) is 3.51. The molecule has 2 aromatic rings. The van der Waals surface area contributed by atoms with Crippen molar-refractivity contribution < 1.29 is 17.6 Å². The quantitative estimate of drug-likeness (QED) is 0.477. The molecule has 4 rings (SSSR count). The molecule has 28 heavy (non-hydrogen) atoms. The van der Waals surface area contributed by atoms with Gasteiger partial charge in [-0.2, -0.15) is 17.6 Å². The third-order valence-corrected chi connectivity index (χ3v) is 5.99. The van der Waals surface area contributed by atoms with Gasteiger partial charge in [0.2, 0.25) is 0 Å². The number of rotatable bonds is 5. The van der Waals surface area contributed by atoms with Crippen molar-refractivity contribution in [3.8, 4) is 0 Å². The van der Waals surface area contributed by atoms with Gasteiger partial charge in [0.15, 0.2) is 0 Å². The zero-order valence-electron chi connectivity index (χ0n) is 16.0. The van der Waals surface area contributed by atoms with Gasteiger partial charge < -0.3 is 11.5 Å². The van der Waals surface area contributed by atoms with Gasteiger partial charge in [-0.1, -0.05) is 0 Å². The van der Waals surface area contributed by atoms with Gasteiger partial charge in [0.1, 0.15) is 0 Å². The number of nitrogens with two attached hydrogens (primary N) is 2. The fraction of sp³-hybridized carbons (Fsp3) is 0.455. The van der Waals surface area contributed by atoms with Crippen LogP contribution in [0, 0.1) is 13.8 Å². The summed E-state index contributed by atoms with van der Waals surface area (Å²) in [5.74, 6) is -8.55. The Bertz CT molecular complexity index is 867. The Balaban J connectivity index is 1.80. The molecule has 0 unspecified atom stereocenters. The minimum absolute atomic E-state index is 0.0864. The third kappa shape index (κ3) is 2.93. The summed E-state index contributed by atoms with van der Waals surface area (Å²) in [4.78, 5) is 0. The molecular weight excluding hydrogens is 368 g/mol. The summed E-state index contributed by atoms with van der Waals surface area (Å²) in [6, 6.07) is 4.50. The maximum atomic E-state index is 15.2. The SMILES string of the molecule is Cc1cc(C(F)(F)C(F)(F)c2cc(C)c(N)c(C3CC3)c2)cc(C2CC2)c1N. The molecule has 0 atom stereocenters. The Morgan fingerprint density at radius 1 is 0.679 bits per heavy atom.